The quantitative estimate of drug-likeness (QED) is 0.204. The lowest BCUT2D eigenvalue weighted by Crippen LogP contribution is -2.93. The van der Waals surface area contributed by atoms with Crippen LogP contribution in [0.2, 0.25) is 0 Å². The maximum absolute atomic E-state index is 14.0. The van der Waals surface area contributed by atoms with Crippen LogP contribution < -0.4 is 0 Å². The van der Waals surface area contributed by atoms with Crippen molar-refractivity contribution in [2.24, 2.45) is 22.2 Å². The molecule has 7 aliphatic rings. The average molecular weight is 739 g/mol. The zero-order valence-corrected chi connectivity index (χ0v) is 31.4. The smallest absolute Gasteiger partial charge is 0.333 e. The summed E-state index contributed by atoms with van der Waals surface area (Å²) in [6, 6.07) is 1.71. The molecule has 4 aliphatic carbocycles. The van der Waals surface area contributed by atoms with E-state index in [1.807, 2.05) is 20.8 Å². The Bertz CT molecular complexity index is 1900. The predicted molar refractivity (Wildman–Crippen MR) is 178 cm³/mol. The van der Waals surface area contributed by atoms with E-state index in [-0.39, 0.29) is 31.3 Å². The molecule has 12 atom stereocenters. The van der Waals surface area contributed by atoms with Gasteiger partial charge in [-0.1, -0.05) is 33.8 Å². The van der Waals surface area contributed by atoms with Crippen molar-refractivity contribution in [3.8, 4) is 0 Å². The monoisotopic (exact) mass is 738 g/mol. The Kier molecular flexibility index (Phi) is 7.34. The molecular formula is C39H46O14. The van der Waals surface area contributed by atoms with Crippen molar-refractivity contribution in [1.29, 1.82) is 0 Å². The highest BCUT2D eigenvalue weighted by molar-refractivity contribution is 5.88. The topological polar surface area (TPSA) is 172 Å². The fourth-order valence-electron chi connectivity index (χ4n) is 12.4. The Morgan fingerprint density at radius 1 is 0.962 bits per heavy atom. The van der Waals surface area contributed by atoms with Gasteiger partial charge in [0.2, 0.25) is 5.60 Å². The molecule has 2 spiro atoms. The number of carbonyl (C=O) groups excluding carboxylic acids is 5. The molecule has 8 rings (SSSR count). The van der Waals surface area contributed by atoms with Gasteiger partial charge in [-0.25, -0.2) is 9.59 Å². The normalized spacial score (nSPS) is 46.8. The molecule has 0 aromatic carbocycles. The third-order valence-corrected chi connectivity index (χ3v) is 14.2. The Morgan fingerprint density at radius 3 is 2.30 bits per heavy atom. The molecule has 0 N–H and O–H groups in total. The van der Waals surface area contributed by atoms with Gasteiger partial charge in [-0.2, -0.15) is 0 Å². The van der Waals surface area contributed by atoms with E-state index in [9.17, 15) is 24.0 Å². The van der Waals surface area contributed by atoms with Crippen molar-refractivity contribution >= 4 is 29.8 Å². The standard InChI is InChI=1S/C39H46O14/c1-10-20(3)29(44)49-30-33(6)19-37-34(7,23(33)16-26(42)45-9)36-14-13-32(5)24(17-27(43)47-28(32)22-12-15-46-18-22)38(36,53-35(8,51-36)52-37)31(48-25(41)11-2)39(30,37)50-21(4)40/h10,12,15,17-18,23,28,30-31H,11,13-14,16,19H2,1-9H3. The molecule has 4 saturated carbocycles. The molecule has 53 heavy (non-hydrogen) atoms. The largest absolute Gasteiger partial charge is 0.472 e. The van der Waals surface area contributed by atoms with Gasteiger partial charge in [-0.05, 0) is 50.7 Å². The van der Waals surface area contributed by atoms with Crippen molar-refractivity contribution in [3.63, 3.8) is 0 Å². The first kappa shape index (κ1) is 36.0. The third kappa shape index (κ3) is 3.82. The zero-order valence-electron chi connectivity index (χ0n) is 31.4. The number of hydrogen-bond acceptors (Lipinski definition) is 14. The summed E-state index contributed by atoms with van der Waals surface area (Å²) in [5.41, 5.74) is -9.44. The van der Waals surface area contributed by atoms with Crippen LogP contribution in [0.4, 0.5) is 0 Å². The Balaban J connectivity index is 1.52. The van der Waals surface area contributed by atoms with E-state index in [0.29, 0.717) is 17.6 Å². The van der Waals surface area contributed by atoms with Crippen LogP contribution in [-0.4, -0.2) is 77.5 Å². The Hall–Kier alpha value is -4.01. The predicted octanol–water partition coefficient (Wildman–Crippen LogP) is 4.70. The van der Waals surface area contributed by atoms with Crippen molar-refractivity contribution in [2.45, 2.75) is 134 Å². The van der Waals surface area contributed by atoms with Gasteiger partial charge >= 0.3 is 29.8 Å². The third-order valence-electron chi connectivity index (χ3n) is 14.2. The first-order chi connectivity index (χ1) is 24.8. The number of methoxy groups -OCH3 is 1. The summed E-state index contributed by atoms with van der Waals surface area (Å²) < 4.78 is 58.1. The minimum absolute atomic E-state index is 0.0840. The lowest BCUT2D eigenvalue weighted by atomic mass is 9.34. The number of esters is 5. The van der Waals surface area contributed by atoms with Gasteiger partial charge in [0.15, 0.2) is 17.8 Å². The fourth-order valence-corrected chi connectivity index (χ4v) is 12.4. The summed E-state index contributed by atoms with van der Waals surface area (Å²) in [5, 5.41) is 0. The van der Waals surface area contributed by atoms with Gasteiger partial charge in [0, 0.05) is 60.1 Å². The van der Waals surface area contributed by atoms with Crippen molar-refractivity contribution < 1.29 is 66.3 Å². The molecule has 0 radical (unpaired) electrons. The lowest BCUT2D eigenvalue weighted by Gasteiger charge is -2.76. The van der Waals surface area contributed by atoms with E-state index in [1.54, 1.807) is 39.8 Å². The van der Waals surface area contributed by atoms with Gasteiger partial charge in [0.25, 0.3) is 5.97 Å². The number of fused-ring (bicyclic) bond motifs is 3. The number of rotatable bonds is 8. The molecule has 12 unspecified atom stereocenters. The summed E-state index contributed by atoms with van der Waals surface area (Å²) in [5.74, 6) is -5.95. The summed E-state index contributed by atoms with van der Waals surface area (Å²) >= 11 is 0. The van der Waals surface area contributed by atoms with E-state index in [2.05, 4.69) is 0 Å². The molecule has 3 aliphatic heterocycles. The maximum atomic E-state index is 14.0. The number of furan rings is 1. The van der Waals surface area contributed by atoms with Gasteiger partial charge in [0.1, 0.15) is 17.3 Å². The van der Waals surface area contributed by atoms with E-state index in [0.717, 1.165) is 0 Å². The summed E-state index contributed by atoms with van der Waals surface area (Å²) in [6.07, 6.45) is 2.56. The van der Waals surface area contributed by atoms with Crippen molar-refractivity contribution in [2.75, 3.05) is 7.11 Å². The number of carbonyl (C=O) groups is 5. The number of hydrogen-bond donors (Lipinski definition) is 0. The minimum atomic E-state index is -2.10. The molecular weight excluding hydrogens is 692 g/mol. The summed E-state index contributed by atoms with van der Waals surface area (Å²) in [6.45, 7) is 13.5. The Labute approximate surface area is 306 Å². The average Bonchev–Trinajstić information content (AvgIpc) is 3.80. The lowest BCUT2D eigenvalue weighted by molar-refractivity contribution is -0.474. The van der Waals surface area contributed by atoms with Gasteiger partial charge in [-0.15, -0.1) is 0 Å². The second-order valence-electron chi connectivity index (χ2n) is 16.5. The molecule has 4 heterocycles. The van der Waals surface area contributed by atoms with Crippen LogP contribution >= 0.6 is 0 Å². The molecule has 4 bridgehead atoms. The maximum Gasteiger partial charge on any atom is 0.333 e. The second kappa shape index (κ2) is 10.8. The number of ether oxygens (including phenoxy) is 8. The van der Waals surface area contributed by atoms with Crippen molar-refractivity contribution in [1.82, 2.24) is 0 Å². The summed E-state index contributed by atoms with van der Waals surface area (Å²) in [4.78, 5) is 69.0. The highest BCUT2D eigenvalue weighted by atomic mass is 16.9. The van der Waals surface area contributed by atoms with Crippen LogP contribution in [0.5, 0.6) is 0 Å². The van der Waals surface area contributed by atoms with Gasteiger partial charge < -0.3 is 42.3 Å². The van der Waals surface area contributed by atoms with E-state index >= 15 is 0 Å². The van der Waals surface area contributed by atoms with Crippen molar-refractivity contribution in [3.05, 3.63) is 47.5 Å². The van der Waals surface area contributed by atoms with Crippen LogP contribution in [-0.2, 0) is 61.9 Å². The zero-order chi connectivity index (χ0) is 38.4. The molecule has 1 aromatic heterocycles. The first-order valence-corrected chi connectivity index (χ1v) is 18.2. The van der Waals surface area contributed by atoms with E-state index < -0.39 is 98.7 Å². The molecule has 2 saturated heterocycles. The van der Waals surface area contributed by atoms with Crippen LogP contribution in [0.3, 0.4) is 0 Å². The van der Waals surface area contributed by atoms with Crippen LogP contribution in [0.1, 0.15) is 99.2 Å². The number of cyclic esters (lactones) is 1. The van der Waals surface area contributed by atoms with Crippen LogP contribution in [0.25, 0.3) is 0 Å². The summed E-state index contributed by atoms with van der Waals surface area (Å²) in [7, 11) is 1.30. The van der Waals surface area contributed by atoms with Gasteiger partial charge in [-0.3, -0.25) is 14.4 Å². The Morgan fingerprint density at radius 2 is 1.68 bits per heavy atom. The second-order valence-corrected chi connectivity index (χ2v) is 16.5. The molecule has 1 aromatic rings. The molecule has 286 valence electrons. The first-order valence-electron chi connectivity index (χ1n) is 18.2. The molecule has 0 amide bonds. The molecule has 14 heteroatoms. The van der Waals surface area contributed by atoms with E-state index in [4.69, 9.17) is 42.3 Å². The molecule has 6 fully saturated rings. The fraction of sp³-hybridized carbons (Fsp3) is 0.667. The van der Waals surface area contributed by atoms with E-state index in [1.165, 1.54) is 32.6 Å². The van der Waals surface area contributed by atoms with Gasteiger partial charge in [0.05, 0.1) is 19.6 Å². The minimum Gasteiger partial charge on any atom is -0.472 e. The highest BCUT2D eigenvalue weighted by Gasteiger charge is 3.05. The molecule has 14 nitrogen and oxygen atoms in total. The number of allylic oxidation sites excluding steroid dienone is 1. The van der Waals surface area contributed by atoms with Crippen LogP contribution in [0, 0.1) is 22.2 Å². The van der Waals surface area contributed by atoms with Crippen LogP contribution in [0.15, 0.2) is 46.3 Å². The highest BCUT2D eigenvalue weighted by Crippen LogP contribution is 2.90. The SMILES string of the molecule is CC=C(C)C(=O)OC1C2(C)CC34OC5(C)OC6(C7=CC(=O)OC(c8ccoc8)C7(C)CCC6(O5)C3(C)C2CC(=O)OC)C(OC(=O)CC)C14OC(C)=O.